The number of hydrogen-bond acceptors (Lipinski definition) is 6. The summed E-state index contributed by atoms with van der Waals surface area (Å²) < 4.78 is 28.8. The maximum absolute atomic E-state index is 12.8. The van der Waals surface area contributed by atoms with Crippen molar-refractivity contribution < 1.29 is 27.9 Å². The molecule has 1 saturated heterocycles. The lowest BCUT2D eigenvalue weighted by atomic mass is 10.1. The molecule has 0 radical (unpaired) electrons. The first-order chi connectivity index (χ1) is 13.3. The minimum absolute atomic E-state index is 0.0410. The van der Waals surface area contributed by atoms with Crippen molar-refractivity contribution in [3.8, 4) is 5.75 Å². The Morgan fingerprint density at radius 2 is 1.86 bits per heavy atom. The Hall–Kier alpha value is -2.87. The molecule has 0 bridgehead atoms. The van der Waals surface area contributed by atoms with Crippen LogP contribution in [0.4, 0.5) is 0 Å². The monoisotopic (exact) mass is 403 g/mol. The average molecular weight is 403 g/mol. The topological polar surface area (TPSA) is 101 Å². The molecule has 0 aliphatic carbocycles. The molecule has 8 heteroatoms. The smallest absolute Gasteiger partial charge is 0.338 e. The lowest BCUT2D eigenvalue weighted by Gasteiger charge is -2.28. The largest absolute Gasteiger partial charge is 0.508 e. The van der Waals surface area contributed by atoms with Crippen LogP contribution in [0.2, 0.25) is 0 Å². The highest BCUT2D eigenvalue weighted by atomic mass is 32.2. The second kappa shape index (κ2) is 8.43. The fraction of sp³-hybridized carbons (Fsp3) is 0.300. The third-order valence-electron chi connectivity index (χ3n) is 4.57. The molecule has 28 heavy (non-hydrogen) atoms. The molecule has 1 aliphatic heterocycles. The van der Waals surface area contributed by atoms with Crippen LogP contribution in [-0.2, 0) is 25.9 Å². The van der Waals surface area contributed by atoms with Gasteiger partial charge in [0.1, 0.15) is 5.75 Å². The summed E-state index contributed by atoms with van der Waals surface area (Å²) in [6.45, 7) is -0.262. The number of nitrogens with zero attached hydrogens (tertiary/aromatic N) is 1. The molecule has 1 amide bonds. The van der Waals surface area contributed by atoms with Crippen LogP contribution in [0, 0.1) is 0 Å². The van der Waals surface area contributed by atoms with E-state index >= 15 is 0 Å². The van der Waals surface area contributed by atoms with Gasteiger partial charge in [-0.3, -0.25) is 4.79 Å². The molecular weight excluding hydrogens is 382 g/mol. The van der Waals surface area contributed by atoms with Crippen LogP contribution < -0.4 is 0 Å². The molecule has 1 aliphatic rings. The summed E-state index contributed by atoms with van der Waals surface area (Å²) >= 11 is 0. The average Bonchev–Trinajstić information content (AvgIpc) is 3.04. The molecule has 0 aromatic heterocycles. The maximum Gasteiger partial charge on any atom is 0.338 e. The second-order valence-corrected chi connectivity index (χ2v) is 8.92. The summed E-state index contributed by atoms with van der Waals surface area (Å²) in [5.41, 5.74) is 0.991. The Labute approximate surface area is 163 Å². The van der Waals surface area contributed by atoms with E-state index in [1.165, 1.54) is 29.2 Å². The van der Waals surface area contributed by atoms with Gasteiger partial charge in [-0.05, 0) is 30.2 Å². The van der Waals surface area contributed by atoms with Gasteiger partial charge in [0.05, 0.1) is 17.1 Å². The van der Waals surface area contributed by atoms with Crippen molar-refractivity contribution >= 4 is 21.7 Å². The number of carbonyl (C=O) groups excluding carboxylic acids is 2. The van der Waals surface area contributed by atoms with Gasteiger partial charge in [0, 0.05) is 12.6 Å². The maximum atomic E-state index is 12.8. The van der Waals surface area contributed by atoms with E-state index in [0.29, 0.717) is 6.42 Å². The number of sulfone groups is 1. The molecule has 2 aromatic rings. The zero-order valence-electron chi connectivity index (χ0n) is 15.2. The third kappa shape index (κ3) is 5.10. The van der Waals surface area contributed by atoms with E-state index in [-0.39, 0.29) is 29.4 Å². The number of esters is 1. The summed E-state index contributed by atoms with van der Waals surface area (Å²) in [5, 5.41) is 9.44. The van der Waals surface area contributed by atoms with E-state index in [0.717, 1.165) is 5.56 Å². The zero-order chi connectivity index (χ0) is 20.1. The van der Waals surface area contributed by atoms with Gasteiger partial charge in [-0.2, -0.15) is 0 Å². The van der Waals surface area contributed by atoms with Crippen LogP contribution in [0.3, 0.4) is 0 Å². The van der Waals surface area contributed by atoms with Crippen molar-refractivity contribution in [1.29, 1.82) is 0 Å². The molecule has 0 spiro atoms. The Morgan fingerprint density at radius 3 is 2.50 bits per heavy atom. The van der Waals surface area contributed by atoms with Crippen molar-refractivity contribution in [2.45, 2.75) is 19.0 Å². The van der Waals surface area contributed by atoms with Crippen LogP contribution in [-0.4, -0.2) is 54.5 Å². The highest BCUT2D eigenvalue weighted by molar-refractivity contribution is 7.91. The van der Waals surface area contributed by atoms with E-state index in [4.69, 9.17) is 4.74 Å². The molecule has 0 unspecified atom stereocenters. The number of phenols is 1. The predicted molar refractivity (Wildman–Crippen MR) is 102 cm³/mol. The van der Waals surface area contributed by atoms with Gasteiger partial charge in [-0.25, -0.2) is 13.2 Å². The van der Waals surface area contributed by atoms with Gasteiger partial charge in [0.25, 0.3) is 5.91 Å². The third-order valence-corrected chi connectivity index (χ3v) is 6.32. The van der Waals surface area contributed by atoms with Gasteiger partial charge in [-0.15, -0.1) is 0 Å². The van der Waals surface area contributed by atoms with Crippen LogP contribution in [0.25, 0.3) is 0 Å². The molecule has 1 atom stereocenters. The van der Waals surface area contributed by atoms with Crippen molar-refractivity contribution in [1.82, 2.24) is 4.90 Å². The number of phenolic OH excluding ortho intramolecular Hbond substituents is 1. The Balaban J connectivity index is 1.70. The van der Waals surface area contributed by atoms with Gasteiger partial charge >= 0.3 is 5.97 Å². The lowest BCUT2D eigenvalue weighted by molar-refractivity contribution is -0.137. The minimum Gasteiger partial charge on any atom is -0.508 e. The Kier molecular flexibility index (Phi) is 5.99. The van der Waals surface area contributed by atoms with Crippen molar-refractivity contribution in [3.05, 3.63) is 65.7 Å². The predicted octanol–water partition coefficient (Wildman–Crippen LogP) is 1.76. The standard InChI is InChI=1S/C20H21NO6S/c22-18-8-4-7-16(11-18)20(24)27-13-19(23)21(12-15-5-2-1-3-6-15)17-9-10-28(25,26)14-17/h1-8,11,17,22H,9-10,12-14H2/t17-/m0/s1. The lowest BCUT2D eigenvalue weighted by Crippen LogP contribution is -2.42. The van der Waals surface area contributed by atoms with Gasteiger partial charge in [0.2, 0.25) is 0 Å². The number of benzene rings is 2. The molecule has 0 saturated carbocycles. The fourth-order valence-corrected chi connectivity index (χ4v) is 4.88. The van der Waals surface area contributed by atoms with Gasteiger partial charge in [0.15, 0.2) is 16.4 Å². The summed E-state index contributed by atoms with van der Waals surface area (Å²) in [7, 11) is -3.17. The molecule has 148 valence electrons. The number of amides is 1. The molecule has 1 heterocycles. The molecule has 1 fully saturated rings. The molecule has 1 N–H and O–H groups in total. The summed E-state index contributed by atoms with van der Waals surface area (Å²) in [6.07, 6.45) is 0.363. The highest BCUT2D eigenvalue weighted by Crippen LogP contribution is 2.21. The first-order valence-corrected chi connectivity index (χ1v) is 10.7. The molecule has 2 aromatic carbocycles. The van der Waals surface area contributed by atoms with Gasteiger partial charge in [-0.1, -0.05) is 36.4 Å². The van der Waals surface area contributed by atoms with Gasteiger partial charge < -0.3 is 14.7 Å². The number of aromatic hydroxyl groups is 1. The highest BCUT2D eigenvalue weighted by Gasteiger charge is 2.35. The van der Waals surface area contributed by atoms with Crippen molar-refractivity contribution in [2.24, 2.45) is 0 Å². The normalized spacial score (nSPS) is 17.8. The van der Waals surface area contributed by atoms with Crippen LogP contribution in [0.5, 0.6) is 5.75 Å². The summed E-state index contributed by atoms with van der Waals surface area (Å²) in [5.74, 6) is -1.32. The molecule has 3 rings (SSSR count). The quantitative estimate of drug-likeness (QED) is 0.738. The SMILES string of the molecule is O=C(OCC(=O)N(Cc1ccccc1)[C@H]1CCS(=O)(=O)C1)c1cccc(O)c1. The second-order valence-electron chi connectivity index (χ2n) is 6.69. The Bertz CT molecular complexity index is 958. The van der Waals surface area contributed by atoms with Crippen LogP contribution in [0.15, 0.2) is 54.6 Å². The summed E-state index contributed by atoms with van der Waals surface area (Å²) in [6, 6.07) is 14.4. The van der Waals surface area contributed by atoms with Crippen LogP contribution in [0.1, 0.15) is 22.3 Å². The van der Waals surface area contributed by atoms with Crippen molar-refractivity contribution in [2.75, 3.05) is 18.1 Å². The number of hydrogen-bond donors (Lipinski definition) is 1. The number of ether oxygens (including phenoxy) is 1. The number of rotatable bonds is 6. The van der Waals surface area contributed by atoms with E-state index < -0.39 is 34.4 Å². The molecule has 7 nitrogen and oxygen atoms in total. The first kappa shape index (κ1) is 19.9. The van der Waals surface area contributed by atoms with E-state index in [9.17, 15) is 23.1 Å². The van der Waals surface area contributed by atoms with Crippen LogP contribution >= 0.6 is 0 Å². The first-order valence-electron chi connectivity index (χ1n) is 8.84. The van der Waals surface area contributed by atoms with Crippen molar-refractivity contribution in [3.63, 3.8) is 0 Å². The molecular formula is C20H21NO6S. The fourth-order valence-electron chi connectivity index (χ4n) is 3.15. The van der Waals surface area contributed by atoms with E-state index in [1.807, 2.05) is 30.3 Å². The van der Waals surface area contributed by atoms with E-state index in [1.54, 1.807) is 0 Å². The minimum atomic E-state index is -3.17. The summed E-state index contributed by atoms with van der Waals surface area (Å²) in [4.78, 5) is 26.3. The zero-order valence-corrected chi connectivity index (χ0v) is 16.0. The van der Waals surface area contributed by atoms with E-state index in [2.05, 4.69) is 0 Å². The Morgan fingerprint density at radius 1 is 1.11 bits per heavy atom. The number of carbonyl (C=O) groups is 2.